The molecule has 0 bridgehead atoms. The van der Waals surface area contributed by atoms with Crippen molar-refractivity contribution in [3.8, 4) is 17.6 Å². The molecule has 146 valence electrons. The fraction of sp³-hybridized carbons (Fsp3) is 0.278. The summed E-state index contributed by atoms with van der Waals surface area (Å²) in [6.45, 7) is 1.49. The number of hydrogen-bond donors (Lipinski definition) is 0. The smallest absolute Gasteiger partial charge is 0.297 e. The van der Waals surface area contributed by atoms with Gasteiger partial charge in [-0.05, 0) is 25.1 Å². The maximum absolute atomic E-state index is 12.3. The molecule has 0 radical (unpaired) electrons. The van der Waals surface area contributed by atoms with Crippen LogP contribution in [-0.4, -0.2) is 32.7 Å². The third-order valence-electron chi connectivity index (χ3n) is 4.08. The van der Waals surface area contributed by atoms with E-state index in [4.69, 9.17) is 18.9 Å². The first-order chi connectivity index (χ1) is 13.3. The lowest BCUT2D eigenvalue weighted by Gasteiger charge is -2.27. The van der Waals surface area contributed by atoms with Crippen LogP contribution >= 0.6 is 0 Å². The molecule has 0 N–H and O–H groups in total. The molecule has 0 fully saturated rings. The highest BCUT2D eigenvalue weighted by Crippen LogP contribution is 2.40. The van der Waals surface area contributed by atoms with Gasteiger partial charge in [-0.3, -0.25) is 14.3 Å². The fourth-order valence-electron chi connectivity index (χ4n) is 2.66. The summed E-state index contributed by atoms with van der Waals surface area (Å²) in [7, 11) is -3.99. The van der Waals surface area contributed by atoms with E-state index in [1.54, 1.807) is 12.1 Å². The fourth-order valence-corrected chi connectivity index (χ4v) is 3.60. The lowest BCUT2D eigenvalue weighted by atomic mass is 10.1. The minimum Gasteiger partial charge on any atom is -0.486 e. The van der Waals surface area contributed by atoms with Gasteiger partial charge in [-0.25, -0.2) is 0 Å². The molecule has 10 heteroatoms. The monoisotopic (exact) mass is 404 g/mol. The van der Waals surface area contributed by atoms with E-state index in [9.17, 15) is 18.5 Å². The van der Waals surface area contributed by atoms with Crippen LogP contribution in [0.5, 0.6) is 11.5 Å². The number of fused-ring (bicyclic) bond motifs is 1. The van der Waals surface area contributed by atoms with Crippen LogP contribution in [0.15, 0.2) is 41.3 Å². The van der Waals surface area contributed by atoms with Crippen molar-refractivity contribution in [1.29, 1.82) is 5.26 Å². The molecule has 0 unspecified atom stereocenters. The summed E-state index contributed by atoms with van der Waals surface area (Å²) in [5.74, 6) is 0.317. The molecule has 0 spiro atoms. The second kappa shape index (κ2) is 7.84. The van der Waals surface area contributed by atoms with Gasteiger partial charge in [0.05, 0.1) is 27.9 Å². The maximum atomic E-state index is 12.3. The molecule has 0 aromatic heterocycles. The number of benzene rings is 2. The van der Waals surface area contributed by atoms with Crippen LogP contribution in [0.3, 0.4) is 0 Å². The van der Waals surface area contributed by atoms with Crippen LogP contribution in [0.2, 0.25) is 0 Å². The Morgan fingerprint density at radius 2 is 2.00 bits per heavy atom. The summed E-state index contributed by atoms with van der Waals surface area (Å²) in [4.78, 5) is 10.6. The Morgan fingerprint density at radius 3 is 2.64 bits per heavy atom. The predicted octanol–water partition coefficient (Wildman–Crippen LogP) is 2.51. The number of nitro benzene ring substituents is 1. The minimum absolute atomic E-state index is 0.000221. The van der Waals surface area contributed by atoms with Crippen molar-refractivity contribution in [3.05, 3.63) is 57.6 Å². The number of nitro groups is 1. The average Bonchev–Trinajstić information content (AvgIpc) is 2.67. The zero-order valence-corrected chi connectivity index (χ0v) is 15.6. The highest BCUT2D eigenvalue weighted by Gasteiger charge is 2.30. The van der Waals surface area contributed by atoms with Crippen molar-refractivity contribution < 1.29 is 27.0 Å². The largest absolute Gasteiger partial charge is 0.486 e. The molecule has 2 aromatic rings. The summed E-state index contributed by atoms with van der Waals surface area (Å²) in [5, 5.41) is 20.2. The van der Waals surface area contributed by atoms with E-state index in [-0.39, 0.29) is 47.3 Å². The van der Waals surface area contributed by atoms with E-state index >= 15 is 0 Å². The first-order valence-electron chi connectivity index (χ1n) is 8.24. The molecular weight excluding hydrogens is 388 g/mol. The van der Waals surface area contributed by atoms with Crippen molar-refractivity contribution in [2.75, 3.05) is 13.2 Å². The molecule has 1 aliphatic rings. The summed E-state index contributed by atoms with van der Waals surface area (Å²) in [5.41, 5.74) is 0.722. The quantitative estimate of drug-likeness (QED) is 0.408. The van der Waals surface area contributed by atoms with Gasteiger partial charge in [-0.15, -0.1) is 0 Å². The van der Waals surface area contributed by atoms with Crippen LogP contribution in [0.4, 0.5) is 5.69 Å². The Hall–Kier alpha value is -3.16. The number of rotatable bonds is 6. The van der Waals surface area contributed by atoms with Crippen molar-refractivity contribution in [3.63, 3.8) is 0 Å². The summed E-state index contributed by atoms with van der Waals surface area (Å²) in [6.07, 6.45) is -1.06. The number of aryl methyl sites for hydroxylation is 1. The second-order valence-electron chi connectivity index (χ2n) is 6.09. The first kappa shape index (κ1) is 19.6. The molecule has 0 amide bonds. The standard InChI is InChI=1S/C18H16N2O7S/c1-12-2-4-14(5-3-12)28(23,24)26-11-13-10-25-17-7-6-16(20(21)22)15(8-9-19)18(17)27-13/h2-7,13H,8,10-11H2,1H3/t13-/m1/s1. The molecule has 0 saturated heterocycles. The third-order valence-corrected chi connectivity index (χ3v) is 5.38. The number of nitriles is 1. The van der Waals surface area contributed by atoms with Crippen molar-refractivity contribution in [2.24, 2.45) is 0 Å². The van der Waals surface area contributed by atoms with Crippen LogP contribution in [-0.2, 0) is 20.7 Å². The Morgan fingerprint density at radius 1 is 1.29 bits per heavy atom. The normalized spacial score (nSPS) is 15.6. The van der Waals surface area contributed by atoms with Crippen molar-refractivity contribution in [2.45, 2.75) is 24.3 Å². The van der Waals surface area contributed by atoms with Crippen LogP contribution < -0.4 is 9.47 Å². The summed E-state index contributed by atoms with van der Waals surface area (Å²) in [6, 6.07) is 10.7. The predicted molar refractivity (Wildman–Crippen MR) is 96.6 cm³/mol. The topological polar surface area (TPSA) is 129 Å². The Balaban J connectivity index is 1.78. The molecule has 1 atom stereocenters. The number of ether oxygens (including phenoxy) is 2. The number of nitrogens with zero attached hydrogens (tertiary/aromatic N) is 2. The van der Waals surface area contributed by atoms with Gasteiger partial charge in [-0.1, -0.05) is 17.7 Å². The van der Waals surface area contributed by atoms with Gasteiger partial charge in [0.25, 0.3) is 15.8 Å². The van der Waals surface area contributed by atoms with E-state index in [0.29, 0.717) is 0 Å². The average molecular weight is 404 g/mol. The molecule has 2 aromatic carbocycles. The lowest BCUT2D eigenvalue weighted by Crippen LogP contribution is -2.34. The van der Waals surface area contributed by atoms with Crippen LogP contribution in [0.25, 0.3) is 0 Å². The molecular formula is C18H16N2O7S. The highest BCUT2D eigenvalue weighted by atomic mass is 32.2. The van der Waals surface area contributed by atoms with E-state index in [1.807, 2.05) is 13.0 Å². The van der Waals surface area contributed by atoms with E-state index in [1.165, 1.54) is 24.3 Å². The third kappa shape index (κ3) is 4.05. The number of hydrogen-bond acceptors (Lipinski definition) is 8. The second-order valence-corrected chi connectivity index (χ2v) is 7.70. The van der Waals surface area contributed by atoms with Gasteiger partial charge < -0.3 is 9.47 Å². The van der Waals surface area contributed by atoms with Crippen molar-refractivity contribution >= 4 is 15.8 Å². The van der Waals surface area contributed by atoms with E-state index in [2.05, 4.69) is 0 Å². The Bertz CT molecular complexity index is 1040. The zero-order valence-electron chi connectivity index (χ0n) is 14.8. The van der Waals surface area contributed by atoms with Gasteiger partial charge in [0, 0.05) is 6.07 Å². The maximum Gasteiger partial charge on any atom is 0.297 e. The van der Waals surface area contributed by atoms with E-state index in [0.717, 1.165) is 5.56 Å². The molecule has 0 aliphatic carbocycles. The van der Waals surface area contributed by atoms with E-state index < -0.39 is 21.1 Å². The summed E-state index contributed by atoms with van der Waals surface area (Å²) >= 11 is 0. The lowest BCUT2D eigenvalue weighted by molar-refractivity contribution is -0.385. The van der Waals surface area contributed by atoms with Crippen LogP contribution in [0.1, 0.15) is 11.1 Å². The van der Waals surface area contributed by atoms with Crippen molar-refractivity contribution in [1.82, 2.24) is 0 Å². The van der Waals surface area contributed by atoms with Gasteiger partial charge in [0.1, 0.15) is 13.2 Å². The van der Waals surface area contributed by atoms with Gasteiger partial charge in [-0.2, -0.15) is 13.7 Å². The Kier molecular flexibility index (Phi) is 5.48. The SMILES string of the molecule is Cc1ccc(S(=O)(=O)OC[C@H]2COc3ccc([N+](=O)[O-])c(CC#N)c3O2)cc1. The zero-order chi connectivity index (χ0) is 20.3. The molecule has 1 aliphatic heterocycles. The first-order valence-corrected chi connectivity index (χ1v) is 9.65. The van der Waals surface area contributed by atoms with Gasteiger partial charge in [0.15, 0.2) is 17.6 Å². The molecule has 3 rings (SSSR count). The highest BCUT2D eigenvalue weighted by molar-refractivity contribution is 7.86. The minimum atomic E-state index is -3.99. The molecule has 1 heterocycles. The Labute approximate surface area is 161 Å². The molecule has 9 nitrogen and oxygen atoms in total. The van der Waals surface area contributed by atoms with Crippen LogP contribution in [0, 0.1) is 28.4 Å². The van der Waals surface area contributed by atoms with Gasteiger partial charge >= 0.3 is 0 Å². The molecule has 28 heavy (non-hydrogen) atoms. The van der Waals surface area contributed by atoms with Gasteiger partial charge in [0.2, 0.25) is 0 Å². The molecule has 0 saturated carbocycles. The summed E-state index contributed by atoms with van der Waals surface area (Å²) < 4.78 is 40.8.